The van der Waals surface area contributed by atoms with Crippen molar-refractivity contribution in [1.29, 1.82) is 0 Å². The summed E-state index contributed by atoms with van der Waals surface area (Å²) in [5, 5.41) is 0. The van der Waals surface area contributed by atoms with Crippen molar-refractivity contribution >= 4 is 17.3 Å². The molecule has 0 radical (unpaired) electrons. The van der Waals surface area contributed by atoms with Gasteiger partial charge in [-0.15, -0.1) is 11.3 Å². The maximum atomic E-state index is 11.6. The van der Waals surface area contributed by atoms with E-state index in [-0.39, 0.29) is 5.97 Å². The quantitative estimate of drug-likeness (QED) is 0.801. The molecule has 0 saturated carbocycles. The zero-order valence-electron chi connectivity index (χ0n) is 13.2. The van der Waals surface area contributed by atoms with E-state index in [1.807, 2.05) is 6.07 Å². The van der Waals surface area contributed by atoms with E-state index in [2.05, 4.69) is 15.9 Å². The van der Waals surface area contributed by atoms with Crippen LogP contribution in [0.15, 0.2) is 12.1 Å². The molecule has 3 atom stereocenters. The second-order valence-corrected chi connectivity index (χ2v) is 8.10. The summed E-state index contributed by atoms with van der Waals surface area (Å²) in [7, 11) is 1.44. The van der Waals surface area contributed by atoms with E-state index in [1.165, 1.54) is 57.4 Å². The summed E-state index contributed by atoms with van der Waals surface area (Å²) >= 11 is 1.58. The summed E-state index contributed by atoms with van der Waals surface area (Å²) in [4.78, 5) is 18.9. The van der Waals surface area contributed by atoms with E-state index >= 15 is 0 Å². The monoisotopic (exact) mass is 320 g/mol. The van der Waals surface area contributed by atoms with E-state index in [4.69, 9.17) is 4.74 Å². The van der Waals surface area contributed by atoms with Gasteiger partial charge in [0.2, 0.25) is 0 Å². The van der Waals surface area contributed by atoms with Crippen LogP contribution in [0.4, 0.5) is 0 Å². The van der Waals surface area contributed by atoms with Crippen molar-refractivity contribution in [2.24, 2.45) is 11.8 Å². The Hall–Kier alpha value is -0.910. The molecular weight excluding hydrogens is 296 g/mol. The van der Waals surface area contributed by atoms with Crippen molar-refractivity contribution in [3.8, 4) is 0 Å². The van der Waals surface area contributed by atoms with Crippen LogP contribution >= 0.6 is 11.3 Å². The summed E-state index contributed by atoms with van der Waals surface area (Å²) in [5.41, 5.74) is 0. The van der Waals surface area contributed by atoms with E-state index in [9.17, 15) is 4.79 Å². The number of methoxy groups -OCH3 is 1. The lowest BCUT2D eigenvalue weighted by molar-refractivity contribution is 0.0606. The Labute approximate surface area is 136 Å². The van der Waals surface area contributed by atoms with Gasteiger partial charge in [0, 0.05) is 37.1 Å². The van der Waals surface area contributed by atoms with Crippen molar-refractivity contribution in [2.75, 3.05) is 33.3 Å². The second-order valence-electron chi connectivity index (χ2n) is 6.93. The number of carbonyl (C=O) groups is 1. The lowest BCUT2D eigenvalue weighted by atomic mass is 9.90. The predicted octanol–water partition coefficient (Wildman–Crippen LogP) is 2.45. The van der Waals surface area contributed by atoms with Crippen LogP contribution in [0.25, 0.3) is 0 Å². The van der Waals surface area contributed by atoms with Crippen molar-refractivity contribution in [2.45, 2.75) is 31.8 Å². The van der Waals surface area contributed by atoms with Crippen molar-refractivity contribution in [3.63, 3.8) is 0 Å². The molecule has 22 heavy (non-hydrogen) atoms. The van der Waals surface area contributed by atoms with Gasteiger partial charge in [-0.25, -0.2) is 4.79 Å². The highest BCUT2D eigenvalue weighted by Crippen LogP contribution is 2.40. The molecule has 0 bridgehead atoms. The topological polar surface area (TPSA) is 32.8 Å². The largest absolute Gasteiger partial charge is 0.465 e. The molecule has 3 fully saturated rings. The lowest BCUT2D eigenvalue weighted by Crippen LogP contribution is -2.39. The van der Waals surface area contributed by atoms with Crippen LogP contribution in [0.1, 0.15) is 33.8 Å². The van der Waals surface area contributed by atoms with Crippen LogP contribution in [-0.2, 0) is 11.3 Å². The molecule has 0 unspecified atom stereocenters. The Morgan fingerprint density at radius 1 is 1.32 bits per heavy atom. The molecule has 3 aliphatic rings. The van der Waals surface area contributed by atoms with Crippen LogP contribution in [-0.4, -0.2) is 55.1 Å². The maximum absolute atomic E-state index is 11.6. The Kier molecular flexibility index (Phi) is 3.96. The van der Waals surface area contributed by atoms with E-state index in [1.54, 1.807) is 11.3 Å². The Balaban J connectivity index is 1.38. The summed E-state index contributed by atoms with van der Waals surface area (Å²) in [6.45, 7) is 6.08. The third-order valence-electron chi connectivity index (χ3n) is 5.62. The molecule has 3 saturated heterocycles. The number of hydrogen-bond donors (Lipinski definition) is 0. The first kappa shape index (κ1) is 14.7. The number of piperidine rings is 1. The molecule has 0 N–H and O–H groups in total. The minimum atomic E-state index is -0.215. The Morgan fingerprint density at radius 2 is 2.23 bits per heavy atom. The first-order chi connectivity index (χ1) is 10.7. The zero-order chi connectivity index (χ0) is 15.1. The van der Waals surface area contributed by atoms with Gasteiger partial charge < -0.3 is 4.74 Å². The molecule has 1 aromatic heterocycles. The third kappa shape index (κ3) is 2.59. The molecule has 4 nitrogen and oxygen atoms in total. The van der Waals surface area contributed by atoms with Crippen LogP contribution in [0.5, 0.6) is 0 Å². The van der Waals surface area contributed by atoms with Gasteiger partial charge in [0.25, 0.3) is 0 Å². The number of rotatable bonds is 3. The normalized spacial score (nSPS) is 32.0. The standard InChI is InChI=1S/C17H24N2O2S/c1-21-17(20)16-6-5-13(22-16)10-18-8-12-9-19-7-3-2-4-15(19)14(12)11-18/h5-6,12,14-15H,2-4,7-11H2,1H3/t12-,14+,15+/m1/s1. The van der Waals surface area contributed by atoms with Crippen LogP contribution < -0.4 is 0 Å². The molecule has 120 valence electrons. The summed E-state index contributed by atoms with van der Waals surface area (Å²) in [6, 6.07) is 4.82. The van der Waals surface area contributed by atoms with Gasteiger partial charge in [-0.05, 0) is 43.4 Å². The van der Waals surface area contributed by atoms with Gasteiger partial charge in [0.1, 0.15) is 4.88 Å². The molecule has 4 rings (SSSR count). The highest BCUT2D eigenvalue weighted by molar-refractivity contribution is 7.13. The molecule has 5 heteroatoms. The van der Waals surface area contributed by atoms with E-state index < -0.39 is 0 Å². The van der Waals surface area contributed by atoms with E-state index in [0.717, 1.165) is 29.3 Å². The average Bonchev–Trinajstić information content (AvgIpc) is 3.21. The van der Waals surface area contributed by atoms with Gasteiger partial charge in [0.15, 0.2) is 0 Å². The van der Waals surface area contributed by atoms with Crippen LogP contribution in [0, 0.1) is 11.8 Å². The van der Waals surface area contributed by atoms with Crippen LogP contribution in [0.2, 0.25) is 0 Å². The van der Waals surface area contributed by atoms with Gasteiger partial charge in [0.05, 0.1) is 7.11 Å². The summed E-state index contributed by atoms with van der Waals surface area (Å²) < 4.78 is 4.79. The molecule has 0 spiro atoms. The Bertz CT molecular complexity index is 559. The van der Waals surface area contributed by atoms with Crippen molar-refractivity contribution in [3.05, 3.63) is 21.9 Å². The number of hydrogen-bond acceptors (Lipinski definition) is 5. The molecular formula is C17H24N2O2S. The molecule has 3 aliphatic heterocycles. The van der Waals surface area contributed by atoms with Crippen molar-refractivity contribution in [1.82, 2.24) is 9.80 Å². The number of carbonyl (C=O) groups excluding carboxylic acids is 1. The van der Waals surface area contributed by atoms with Gasteiger partial charge >= 0.3 is 5.97 Å². The van der Waals surface area contributed by atoms with Crippen LogP contribution in [0.3, 0.4) is 0 Å². The number of nitrogens with zero attached hydrogens (tertiary/aromatic N) is 2. The summed E-state index contributed by atoms with van der Waals surface area (Å²) in [5.74, 6) is 1.52. The minimum Gasteiger partial charge on any atom is -0.465 e. The fourth-order valence-corrected chi connectivity index (χ4v) is 5.64. The molecule has 4 heterocycles. The number of ether oxygens (including phenoxy) is 1. The average molecular weight is 320 g/mol. The second kappa shape index (κ2) is 5.95. The fraction of sp³-hybridized carbons (Fsp3) is 0.706. The first-order valence-electron chi connectivity index (χ1n) is 8.38. The number of fused-ring (bicyclic) bond motifs is 3. The smallest absolute Gasteiger partial charge is 0.348 e. The highest BCUT2D eigenvalue weighted by atomic mass is 32.1. The minimum absolute atomic E-state index is 0.215. The summed E-state index contributed by atoms with van der Waals surface area (Å²) in [6.07, 6.45) is 4.21. The van der Waals surface area contributed by atoms with Crippen molar-refractivity contribution < 1.29 is 9.53 Å². The molecule has 1 aromatic rings. The molecule has 0 aromatic carbocycles. The highest BCUT2D eigenvalue weighted by Gasteiger charge is 2.46. The SMILES string of the molecule is COC(=O)c1ccc(CN2C[C@@H]3CN4CCCC[C@H]4[C@H]3C2)s1. The Morgan fingerprint density at radius 3 is 3.09 bits per heavy atom. The number of esters is 1. The third-order valence-corrected chi connectivity index (χ3v) is 6.67. The predicted molar refractivity (Wildman–Crippen MR) is 87.1 cm³/mol. The number of thiophene rings is 1. The van der Waals surface area contributed by atoms with E-state index in [0.29, 0.717) is 0 Å². The van der Waals surface area contributed by atoms with Gasteiger partial charge in [-0.3, -0.25) is 9.80 Å². The number of likely N-dealkylation sites (tertiary alicyclic amines) is 1. The van der Waals surface area contributed by atoms with Gasteiger partial charge in [-0.2, -0.15) is 0 Å². The lowest BCUT2D eigenvalue weighted by Gasteiger charge is -2.33. The fourth-order valence-electron chi connectivity index (χ4n) is 4.67. The molecule has 0 amide bonds. The maximum Gasteiger partial charge on any atom is 0.348 e. The first-order valence-corrected chi connectivity index (χ1v) is 9.19. The molecule has 0 aliphatic carbocycles. The zero-order valence-corrected chi connectivity index (χ0v) is 14.0. The van der Waals surface area contributed by atoms with Gasteiger partial charge in [-0.1, -0.05) is 6.42 Å².